The first-order chi connectivity index (χ1) is 7.65. The van der Waals surface area contributed by atoms with Gasteiger partial charge in [-0.2, -0.15) is 0 Å². The van der Waals surface area contributed by atoms with Gasteiger partial charge in [-0.25, -0.2) is 9.55 Å². The summed E-state index contributed by atoms with van der Waals surface area (Å²) >= 11 is 0. The van der Waals surface area contributed by atoms with E-state index in [0.717, 1.165) is 0 Å². The maximum atomic E-state index is 11.6. The molecule has 0 unspecified atom stereocenters. The average Bonchev–Trinajstić information content (AvgIpc) is 2.71. The number of allylic oxidation sites excluding steroid dienone is 1. The zero-order chi connectivity index (χ0) is 12.1. The van der Waals surface area contributed by atoms with E-state index in [1.54, 1.807) is 17.0 Å². The van der Waals surface area contributed by atoms with E-state index in [2.05, 4.69) is 22.2 Å². The Labute approximate surface area is 93.4 Å². The van der Waals surface area contributed by atoms with Gasteiger partial charge in [0.1, 0.15) is 6.54 Å². The predicted octanol–water partition coefficient (Wildman–Crippen LogP) is -0.793. The first-order valence-electron chi connectivity index (χ1n) is 4.81. The lowest BCUT2D eigenvalue weighted by Crippen LogP contribution is -2.41. The van der Waals surface area contributed by atoms with Crippen LogP contribution >= 0.6 is 0 Å². The summed E-state index contributed by atoms with van der Waals surface area (Å²) in [7, 11) is 3.02. The van der Waals surface area contributed by atoms with Crippen LogP contribution in [0, 0.1) is 0 Å². The Bertz CT molecular complexity index is 422. The molecule has 1 rings (SSSR count). The van der Waals surface area contributed by atoms with Crippen LogP contribution in [-0.2, 0) is 6.54 Å². The second kappa shape index (κ2) is 5.11. The van der Waals surface area contributed by atoms with Gasteiger partial charge in [0.15, 0.2) is 0 Å². The van der Waals surface area contributed by atoms with Gasteiger partial charge in [-0.1, -0.05) is 12.7 Å². The van der Waals surface area contributed by atoms with Crippen LogP contribution in [0.25, 0.3) is 0 Å². The van der Waals surface area contributed by atoms with Gasteiger partial charge in [0.2, 0.25) is 17.7 Å². The van der Waals surface area contributed by atoms with Gasteiger partial charge in [-0.15, -0.1) is 0 Å². The van der Waals surface area contributed by atoms with E-state index in [-0.39, 0.29) is 17.5 Å². The van der Waals surface area contributed by atoms with Crippen molar-refractivity contribution in [1.82, 2.24) is 15.6 Å². The molecule has 0 aliphatic carbocycles. The summed E-state index contributed by atoms with van der Waals surface area (Å²) in [4.78, 5) is 25.9. The van der Waals surface area contributed by atoms with Crippen LogP contribution in [0.3, 0.4) is 0 Å². The number of nitrogens with one attached hydrogen (secondary N) is 3. The molecule has 3 N–H and O–H groups in total. The minimum absolute atomic E-state index is 0.240. The molecule has 6 heteroatoms. The van der Waals surface area contributed by atoms with E-state index in [9.17, 15) is 9.59 Å². The van der Waals surface area contributed by atoms with Crippen molar-refractivity contribution < 1.29 is 14.2 Å². The number of H-pyrrole nitrogens is 1. The summed E-state index contributed by atoms with van der Waals surface area (Å²) < 4.78 is 1.62. The number of aromatic amines is 1. The molecule has 16 heavy (non-hydrogen) atoms. The Morgan fingerprint density at radius 2 is 2.06 bits per heavy atom. The van der Waals surface area contributed by atoms with Gasteiger partial charge in [0.05, 0.1) is 0 Å². The van der Waals surface area contributed by atoms with Crippen LogP contribution in [0.2, 0.25) is 0 Å². The SMILES string of the molecule is C=CC[n+]1c[nH]c(C(=O)NC)c1C(=O)NC. The molecule has 86 valence electrons. The maximum absolute atomic E-state index is 11.6. The first kappa shape index (κ1) is 12.0. The molecular formula is C10H15N4O2+. The van der Waals surface area contributed by atoms with Crippen LogP contribution < -0.4 is 15.2 Å². The van der Waals surface area contributed by atoms with Crippen molar-refractivity contribution >= 4 is 11.8 Å². The van der Waals surface area contributed by atoms with Crippen molar-refractivity contribution in [2.45, 2.75) is 6.54 Å². The topological polar surface area (TPSA) is 77.9 Å². The zero-order valence-corrected chi connectivity index (χ0v) is 9.33. The molecule has 6 nitrogen and oxygen atoms in total. The second-order valence-corrected chi connectivity index (χ2v) is 3.10. The van der Waals surface area contributed by atoms with Gasteiger partial charge >= 0.3 is 0 Å². The van der Waals surface area contributed by atoms with E-state index in [4.69, 9.17) is 0 Å². The number of carbonyl (C=O) groups excluding carboxylic acids is 2. The number of imidazole rings is 1. The number of nitrogens with zero attached hydrogens (tertiary/aromatic N) is 1. The smallest absolute Gasteiger partial charge is 0.295 e. The van der Waals surface area contributed by atoms with Crippen molar-refractivity contribution in [1.29, 1.82) is 0 Å². The maximum Gasteiger partial charge on any atom is 0.295 e. The van der Waals surface area contributed by atoms with Crippen LogP contribution in [-0.4, -0.2) is 30.9 Å². The Balaban J connectivity index is 3.23. The molecule has 1 aromatic rings. The molecule has 1 aromatic heterocycles. The Morgan fingerprint density at radius 1 is 1.44 bits per heavy atom. The number of hydrogen-bond acceptors (Lipinski definition) is 2. The van der Waals surface area contributed by atoms with Crippen LogP contribution in [0.5, 0.6) is 0 Å². The van der Waals surface area contributed by atoms with Gasteiger partial charge < -0.3 is 10.6 Å². The van der Waals surface area contributed by atoms with Crippen LogP contribution in [0.1, 0.15) is 21.0 Å². The van der Waals surface area contributed by atoms with Crippen molar-refractivity contribution in [3.8, 4) is 0 Å². The fraction of sp³-hybridized carbons (Fsp3) is 0.300. The minimum Gasteiger partial charge on any atom is -0.352 e. The van der Waals surface area contributed by atoms with E-state index in [1.165, 1.54) is 14.1 Å². The normalized spacial score (nSPS) is 9.62. The van der Waals surface area contributed by atoms with Crippen molar-refractivity contribution in [3.05, 3.63) is 30.4 Å². The molecule has 0 aliphatic rings. The fourth-order valence-electron chi connectivity index (χ4n) is 1.36. The van der Waals surface area contributed by atoms with Gasteiger partial charge in [-0.05, 0) is 0 Å². The second-order valence-electron chi connectivity index (χ2n) is 3.10. The van der Waals surface area contributed by atoms with Gasteiger partial charge in [-0.3, -0.25) is 9.59 Å². The first-order valence-corrected chi connectivity index (χ1v) is 4.81. The molecule has 0 spiro atoms. The number of carbonyl (C=O) groups is 2. The number of rotatable bonds is 4. The lowest BCUT2D eigenvalue weighted by Gasteiger charge is -1.99. The Kier molecular flexibility index (Phi) is 3.82. The molecule has 2 amide bonds. The summed E-state index contributed by atoms with van der Waals surface area (Å²) in [5.41, 5.74) is 0.533. The zero-order valence-electron chi connectivity index (χ0n) is 9.33. The number of aromatic nitrogens is 2. The predicted molar refractivity (Wildman–Crippen MR) is 58.0 cm³/mol. The van der Waals surface area contributed by atoms with Gasteiger partial charge in [0.25, 0.3) is 11.8 Å². The van der Waals surface area contributed by atoms with Crippen molar-refractivity contribution in [3.63, 3.8) is 0 Å². The fourth-order valence-corrected chi connectivity index (χ4v) is 1.36. The highest BCUT2D eigenvalue weighted by molar-refractivity contribution is 6.03. The van der Waals surface area contributed by atoms with Crippen molar-refractivity contribution in [2.24, 2.45) is 0 Å². The molecule has 0 saturated carbocycles. The average molecular weight is 223 g/mol. The molecule has 0 bridgehead atoms. The van der Waals surface area contributed by atoms with E-state index in [0.29, 0.717) is 12.2 Å². The quantitative estimate of drug-likeness (QED) is 0.462. The summed E-state index contributed by atoms with van der Waals surface area (Å²) in [6.07, 6.45) is 3.21. The molecule has 0 atom stereocenters. The number of hydrogen-bond donors (Lipinski definition) is 3. The third-order valence-corrected chi connectivity index (χ3v) is 2.11. The van der Waals surface area contributed by atoms with E-state index in [1.807, 2.05) is 0 Å². The third kappa shape index (κ3) is 2.10. The summed E-state index contributed by atoms with van der Waals surface area (Å²) in [6, 6.07) is 0. The molecule has 0 radical (unpaired) electrons. The molecule has 0 aromatic carbocycles. The Hall–Kier alpha value is -2.11. The van der Waals surface area contributed by atoms with Crippen molar-refractivity contribution in [2.75, 3.05) is 14.1 Å². The van der Waals surface area contributed by atoms with Crippen LogP contribution in [0.15, 0.2) is 19.0 Å². The molecule has 0 fully saturated rings. The third-order valence-electron chi connectivity index (χ3n) is 2.11. The largest absolute Gasteiger partial charge is 0.352 e. The molecule has 0 saturated heterocycles. The summed E-state index contributed by atoms with van der Waals surface area (Å²) in [5.74, 6) is -0.650. The highest BCUT2D eigenvalue weighted by Crippen LogP contribution is 2.01. The molecule has 1 heterocycles. The summed E-state index contributed by atoms with van der Waals surface area (Å²) in [5, 5.41) is 4.96. The molecule has 0 aliphatic heterocycles. The van der Waals surface area contributed by atoms with E-state index >= 15 is 0 Å². The molecular weight excluding hydrogens is 208 g/mol. The number of amides is 2. The van der Waals surface area contributed by atoms with Crippen LogP contribution in [0.4, 0.5) is 0 Å². The lowest BCUT2D eigenvalue weighted by atomic mass is 10.3. The minimum atomic E-state index is -0.332. The monoisotopic (exact) mass is 223 g/mol. The van der Waals surface area contributed by atoms with Gasteiger partial charge in [0, 0.05) is 14.1 Å². The Morgan fingerprint density at radius 3 is 2.56 bits per heavy atom. The standard InChI is InChI=1S/C10H14N4O2/c1-4-5-14-6-13-7(9(15)11-2)8(14)10(16)12-3/h4,6H,1,5H2,2-3H3,(H2,11,12,15,16)/p+1. The summed E-state index contributed by atoms with van der Waals surface area (Å²) in [6.45, 7) is 4.04. The van der Waals surface area contributed by atoms with E-state index < -0.39 is 0 Å². The highest BCUT2D eigenvalue weighted by atomic mass is 16.2. The highest BCUT2D eigenvalue weighted by Gasteiger charge is 2.28. The lowest BCUT2D eigenvalue weighted by molar-refractivity contribution is -0.687.